The van der Waals surface area contributed by atoms with Gasteiger partial charge in [-0.25, -0.2) is 0 Å². The fourth-order valence-corrected chi connectivity index (χ4v) is 2.68. The number of nitro benzene ring substituents is 1. The van der Waals surface area contributed by atoms with Gasteiger partial charge < -0.3 is 15.0 Å². The van der Waals surface area contributed by atoms with Gasteiger partial charge in [0.25, 0.3) is 0 Å². The van der Waals surface area contributed by atoms with E-state index < -0.39 is 4.92 Å². The molecule has 0 fully saturated rings. The van der Waals surface area contributed by atoms with E-state index in [1.165, 1.54) is 13.3 Å². The quantitative estimate of drug-likeness (QED) is 0.377. The average Bonchev–Trinajstić information content (AvgIpc) is 2.70. The van der Waals surface area contributed by atoms with Crippen molar-refractivity contribution in [1.29, 1.82) is 0 Å². The minimum absolute atomic E-state index is 0.0273. The van der Waals surface area contributed by atoms with Crippen LogP contribution in [0.15, 0.2) is 11.2 Å². The summed E-state index contributed by atoms with van der Waals surface area (Å²) in [7, 11) is 3.09. The molecule has 0 unspecified atom stereocenters. The van der Waals surface area contributed by atoms with Crippen LogP contribution in [-0.4, -0.2) is 27.9 Å². The van der Waals surface area contributed by atoms with Gasteiger partial charge in [-0.05, 0) is 25.2 Å². The van der Waals surface area contributed by atoms with Crippen LogP contribution in [0.5, 0.6) is 5.75 Å². The molecule has 0 aliphatic carbocycles. The number of halogens is 1. The van der Waals surface area contributed by atoms with Crippen LogP contribution >= 0.6 is 23.8 Å². The first-order chi connectivity index (χ1) is 10.8. The first kappa shape index (κ1) is 17.0. The van der Waals surface area contributed by atoms with Gasteiger partial charge in [0.15, 0.2) is 5.11 Å². The SMILES string of the molecule is COc1c(C)cc2c(c(C=NNC(N)=S)c(Cl)n2C)c1[N+](=O)[O-]. The van der Waals surface area contributed by atoms with Crippen LogP contribution in [0.25, 0.3) is 10.9 Å². The molecule has 0 amide bonds. The Morgan fingerprint density at radius 3 is 2.83 bits per heavy atom. The summed E-state index contributed by atoms with van der Waals surface area (Å²) in [6, 6.07) is 1.77. The molecule has 10 heteroatoms. The lowest BCUT2D eigenvalue weighted by molar-refractivity contribution is -0.384. The summed E-state index contributed by atoms with van der Waals surface area (Å²) in [4.78, 5) is 11.1. The molecule has 1 aromatic heterocycles. The van der Waals surface area contributed by atoms with Gasteiger partial charge in [-0.3, -0.25) is 15.5 Å². The van der Waals surface area contributed by atoms with Gasteiger partial charge in [0.1, 0.15) is 5.15 Å². The smallest absolute Gasteiger partial charge is 0.321 e. The van der Waals surface area contributed by atoms with E-state index in [1.807, 2.05) is 0 Å². The Balaban J connectivity index is 2.86. The number of hydrogen-bond acceptors (Lipinski definition) is 5. The van der Waals surface area contributed by atoms with Crippen molar-refractivity contribution in [2.75, 3.05) is 7.11 Å². The van der Waals surface area contributed by atoms with Gasteiger partial charge in [0.2, 0.25) is 5.75 Å². The highest BCUT2D eigenvalue weighted by molar-refractivity contribution is 7.80. The van der Waals surface area contributed by atoms with Crippen molar-refractivity contribution in [2.24, 2.45) is 17.9 Å². The Hall–Kier alpha value is -2.39. The lowest BCUT2D eigenvalue weighted by atomic mass is 10.1. The highest BCUT2D eigenvalue weighted by atomic mass is 35.5. The summed E-state index contributed by atoms with van der Waals surface area (Å²) in [5, 5.41) is 16.0. The van der Waals surface area contributed by atoms with E-state index >= 15 is 0 Å². The number of nitrogens with zero attached hydrogens (tertiary/aromatic N) is 3. The Bertz CT molecular complexity index is 846. The van der Waals surface area contributed by atoms with Crippen LogP contribution in [0.2, 0.25) is 5.15 Å². The number of aromatic nitrogens is 1. The van der Waals surface area contributed by atoms with Crippen molar-refractivity contribution in [2.45, 2.75) is 6.92 Å². The molecule has 2 rings (SSSR count). The standard InChI is InChI=1S/C13H14ClN5O3S/c1-6-4-8-9(10(19(20)21)11(6)22-3)7(12(14)18(8)2)5-16-17-13(15)23/h4-5H,1-3H3,(H3,15,17,23). The maximum absolute atomic E-state index is 11.6. The number of aryl methyl sites for hydroxylation is 2. The van der Waals surface area contributed by atoms with Crippen molar-refractivity contribution in [3.8, 4) is 5.75 Å². The zero-order valence-corrected chi connectivity index (χ0v) is 14.2. The molecule has 2 aromatic rings. The van der Waals surface area contributed by atoms with Crippen LogP contribution in [0.3, 0.4) is 0 Å². The van der Waals surface area contributed by atoms with E-state index in [0.717, 1.165) is 0 Å². The second-order valence-electron chi connectivity index (χ2n) is 4.72. The second kappa shape index (κ2) is 6.39. The normalized spacial score (nSPS) is 11.1. The molecule has 23 heavy (non-hydrogen) atoms. The molecule has 0 aliphatic heterocycles. The number of rotatable bonds is 4. The molecule has 3 N–H and O–H groups in total. The lowest BCUT2D eigenvalue weighted by Crippen LogP contribution is -2.24. The predicted octanol–water partition coefficient (Wildman–Crippen LogP) is 2.22. The number of ether oxygens (including phenoxy) is 1. The molecule has 0 bridgehead atoms. The van der Waals surface area contributed by atoms with Gasteiger partial charge >= 0.3 is 5.69 Å². The van der Waals surface area contributed by atoms with Crippen molar-refractivity contribution in [3.63, 3.8) is 0 Å². The Morgan fingerprint density at radius 1 is 1.65 bits per heavy atom. The molecule has 122 valence electrons. The highest BCUT2D eigenvalue weighted by Crippen LogP contribution is 2.42. The first-order valence-electron chi connectivity index (χ1n) is 6.38. The topological polar surface area (TPSA) is 108 Å². The minimum atomic E-state index is -0.497. The number of thiocarbonyl (C=S) groups is 1. The van der Waals surface area contributed by atoms with E-state index in [2.05, 4.69) is 22.7 Å². The van der Waals surface area contributed by atoms with Crippen LogP contribution in [0.4, 0.5) is 5.69 Å². The third-order valence-corrected chi connectivity index (χ3v) is 3.87. The summed E-state index contributed by atoms with van der Waals surface area (Å²) in [6.45, 7) is 1.73. The summed E-state index contributed by atoms with van der Waals surface area (Å²) in [6.07, 6.45) is 1.34. The molecule has 1 heterocycles. The van der Waals surface area contributed by atoms with Crippen LogP contribution < -0.4 is 15.9 Å². The maximum atomic E-state index is 11.6. The zero-order chi connectivity index (χ0) is 17.3. The van der Waals surface area contributed by atoms with Crippen LogP contribution in [0, 0.1) is 17.0 Å². The molecule has 0 spiro atoms. The molecule has 0 atom stereocenters. The maximum Gasteiger partial charge on any atom is 0.321 e. The van der Waals surface area contributed by atoms with Gasteiger partial charge in [-0.2, -0.15) is 5.10 Å². The fourth-order valence-electron chi connectivity index (χ4n) is 2.39. The Labute approximate surface area is 142 Å². The van der Waals surface area contributed by atoms with E-state index in [4.69, 9.17) is 22.1 Å². The lowest BCUT2D eigenvalue weighted by Gasteiger charge is -2.07. The molecule has 0 radical (unpaired) electrons. The largest absolute Gasteiger partial charge is 0.490 e. The molecular weight excluding hydrogens is 342 g/mol. The third-order valence-electron chi connectivity index (χ3n) is 3.32. The third kappa shape index (κ3) is 2.92. The Kier molecular flexibility index (Phi) is 4.71. The number of fused-ring (bicyclic) bond motifs is 1. The summed E-state index contributed by atoms with van der Waals surface area (Å²) in [5.74, 6) is 0.182. The van der Waals surface area contributed by atoms with Crippen molar-refractivity contribution < 1.29 is 9.66 Å². The van der Waals surface area contributed by atoms with Gasteiger partial charge in [-0.1, -0.05) is 11.6 Å². The number of hydrazone groups is 1. The summed E-state index contributed by atoms with van der Waals surface area (Å²) >= 11 is 10.9. The number of nitro groups is 1. The van der Waals surface area contributed by atoms with Crippen molar-refractivity contribution in [1.82, 2.24) is 9.99 Å². The van der Waals surface area contributed by atoms with Crippen molar-refractivity contribution in [3.05, 3.63) is 32.5 Å². The van der Waals surface area contributed by atoms with Crippen LogP contribution in [0.1, 0.15) is 11.1 Å². The van der Waals surface area contributed by atoms with Gasteiger partial charge in [0.05, 0.1) is 29.2 Å². The monoisotopic (exact) mass is 355 g/mol. The number of nitrogens with one attached hydrogen (secondary N) is 1. The van der Waals surface area contributed by atoms with Gasteiger partial charge in [0, 0.05) is 18.2 Å². The van der Waals surface area contributed by atoms with E-state index in [0.29, 0.717) is 27.2 Å². The molecular formula is C13H14ClN5O3S. The molecule has 8 nitrogen and oxygen atoms in total. The molecule has 0 saturated carbocycles. The number of methoxy groups -OCH3 is 1. The predicted molar refractivity (Wildman–Crippen MR) is 93.4 cm³/mol. The number of hydrogen-bond donors (Lipinski definition) is 2. The fraction of sp³-hybridized carbons (Fsp3) is 0.231. The van der Waals surface area contributed by atoms with E-state index in [1.54, 1.807) is 24.6 Å². The average molecular weight is 356 g/mol. The highest BCUT2D eigenvalue weighted by Gasteiger charge is 2.28. The Morgan fingerprint density at radius 2 is 2.30 bits per heavy atom. The van der Waals surface area contributed by atoms with E-state index in [-0.39, 0.29) is 16.5 Å². The number of benzene rings is 1. The first-order valence-corrected chi connectivity index (χ1v) is 7.16. The minimum Gasteiger partial charge on any atom is -0.490 e. The molecule has 0 saturated heterocycles. The second-order valence-corrected chi connectivity index (χ2v) is 5.52. The zero-order valence-electron chi connectivity index (χ0n) is 12.6. The van der Waals surface area contributed by atoms with Crippen LogP contribution in [-0.2, 0) is 7.05 Å². The number of nitrogens with two attached hydrogens (primary N) is 1. The molecule has 0 aliphatic rings. The van der Waals surface area contributed by atoms with E-state index in [9.17, 15) is 10.1 Å². The van der Waals surface area contributed by atoms with Gasteiger partial charge in [-0.15, -0.1) is 0 Å². The molecule has 1 aromatic carbocycles. The summed E-state index contributed by atoms with van der Waals surface area (Å²) in [5.41, 5.74) is 9.13. The van der Waals surface area contributed by atoms with Crippen molar-refractivity contribution >= 4 is 51.7 Å². The summed E-state index contributed by atoms with van der Waals surface area (Å²) < 4.78 is 6.83.